The monoisotopic (exact) mass is 388 g/mol. The predicted octanol–water partition coefficient (Wildman–Crippen LogP) is 3.48. The van der Waals surface area contributed by atoms with Crippen LogP contribution in [0.15, 0.2) is 59.6 Å². The Morgan fingerprint density at radius 3 is 2.64 bits per heavy atom. The van der Waals surface area contributed by atoms with E-state index in [1.807, 2.05) is 6.07 Å². The average Bonchev–Trinajstić information content (AvgIpc) is 3.18. The molecule has 0 radical (unpaired) electrons. The number of benzene rings is 2. The number of ether oxygens (including phenoxy) is 1. The lowest BCUT2D eigenvalue weighted by atomic mass is 10.1. The van der Waals surface area contributed by atoms with E-state index >= 15 is 0 Å². The maximum absolute atomic E-state index is 12.5. The van der Waals surface area contributed by atoms with Crippen LogP contribution in [-0.4, -0.2) is 39.3 Å². The molecule has 1 fully saturated rings. The molecule has 1 heterocycles. The van der Waals surface area contributed by atoms with Crippen molar-refractivity contribution in [1.82, 2.24) is 10.6 Å². The van der Waals surface area contributed by atoms with Crippen LogP contribution in [0, 0.1) is 5.92 Å². The van der Waals surface area contributed by atoms with E-state index < -0.39 is 6.61 Å². The number of aliphatic imine (C=N–C) groups is 1. The molecule has 5 nitrogen and oxygen atoms in total. The van der Waals surface area contributed by atoms with Crippen molar-refractivity contribution in [3.8, 4) is 5.75 Å². The first-order valence-corrected chi connectivity index (χ1v) is 9.43. The summed E-state index contributed by atoms with van der Waals surface area (Å²) < 4.78 is 29.6. The van der Waals surface area contributed by atoms with Crippen molar-refractivity contribution >= 4 is 11.6 Å². The third-order valence-electron chi connectivity index (χ3n) is 4.82. The summed E-state index contributed by atoms with van der Waals surface area (Å²) in [5.74, 6) is 1.34. The lowest BCUT2D eigenvalue weighted by molar-refractivity contribution is -0.0504. The number of rotatable bonds is 7. The van der Waals surface area contributed by atoms with Crippen molar-refractivity contribution in [2.24, 2.45) is 10.9 Å². The molecule has 0 aromatic heterocycles. The molecule has 3 rings (SSSR count). The van der Waals surface area contributed by atoms with Crippen LogP contribution in [0.4, 0.5) is 14.5 Å². The van der Waals surface area contributed by atoms with Crippen LogP contribution in [0.5, 0.6) is 5.75 Å². The molecular weight excluding hydrogens is 362 g/mol. The standard InChI is InChI=1S/C21H26F2N4O/c1-24-21(26-14-17-7-5-6-10-19(17)28-20(22)23)25-13-16-11-12-27(15-16)18-8-3-2-4-9-18/h2-10,16,20H,11-15H2,1H3,(H2,24,25,26). The number of guanidine groups is 1. The van der Waals surface area contributed by atoms with E-state index in [0.717, 1.165) is 26.1 Å². The highest BCUT2D eigenvalue weighted by atomic mass is 19.3. The summed E-state index contributed by atoms with van der Waals surface area (Å²) in [5, 5.41) is 6.50. The predicted molar refractivity (Wildman–Crippen MR) is 108 cm³/mol. The van der Waals surface area contributed by atoms with Crippen molar-refractivity contribution in [3.05, 3.63) is 60.2 Å². The van der Waals surface area contributed by atoms with Gasteiger partial charge in [-0.05, 0) is 30.5 Å². The zero-order valence-corrected chi connectivity index (χ0v) is 15.9. The Labute approximate surface area is 164 Å². The highest BCUT2D eigenvalue weighted by Crippen LogP contribution is 2.23. The second kappa shape index (κ2) is 9.92. The topological polar surface area (TPSA) is 48.9 Å². The molecule has 1 unspecified atom stereocenters. The lowest BCUT2D eigenvalue weighted by Gasteiger charge is -2.19. The summed E-state index contributed by atoms with van der Waals surface area (Å²) in [6, 6.07) is 17.2. The number of nitrogens with one attached hydrogen (secondary N) is 2. The van der Waals surface area contributed by atoms with Crippen molar-refractivity contribution in [1.29, 1.82) is 0 Å². The van der Waals surface area contributed by atoms with E-state index in [-0.39, 0.29) is 5.75 Å². The van der Waals surface area contributed by atoms with Crippen LogP contribution in [0.2, 0.25) is 0 Å². The Morgan fingerprint density at radius 1 is 1.14 bits per heavy atom. The third kappa shape index (κ3) is 5.58. The van der Waals surface area contributed by atoms with Crippen LogP contribution in [0.25, 0.3) is 0 Å². The third-order valence-corrected chi connectivity index (χ3v) is 4.82. The molecule has 7 heteroatoms. The second-order valence-electron chi connectivity index (χ2n) is 6.73. The number of hydrogen-bond acceptors (Lipinski definition) is 3. The van der Waals surface area contributed by atoms with Gasteiger partial charge >= 0.3 is 6.61 Å². The molecule has 0 bridgehead atoms. The van der Waals surface area contributed by atoms with E-state index in [1.54, 1.807) is 25.2 Å². The summed E-state index contributed by atoms with van der Waals surface area (Å²) in [4.78, 5) is 6.61. The molecule has 0 amide bonds. The minimum absolute atomic E-state index is 0.176. The SMILES string of the molecule is CN=C(NCc1ccccc1OC(F)F)NCC1CCN(c2ccccc2)C1. The van der Waals surface area contributed by atoms with E-state index in [9.17, 15) is 8.78 Å². The minimum atomic E-state index is -2.84. The molecular formula is C21H26F2N4O. The van der Waals surface area contributed by atoms with E-state index in [0.29, 0.717) is 24.0 Å². The Balaban J connectivity index is 1.47. The van der Waals surface area contributed by atoms with Gasteiger partial charge in [-0.1, -0.05) is 36.4 Å². The van der Waals surface area contributed by atoms with E-state index in [2.05, 4.69) is 49.5 Å². The highest BCUT2D eigenvalue weighted by Gasteiger charge is 2.22. The van der Waals surface area contributed by atoms with Crippen LogP contribution < -0.4 is 20.3 Å². The van der Waals surface area contributed by atoms with Crippen LogP contribution in [0.1, 0.15) is 12.0 Å². The van der Waals surface area contributed by atoms with Crippen LogP contribution in [-0.2, 0) is 6.54 Å². The Hall–Kier alpha value is -2.83. The van der Waals surface area contributed by atoms with Crippen molar-refractivity contribution in [2.75, 3.05) is 31.6 Å². The minimum Gasteiger partial charge on any atom is -0.434 e. The molecule has 28 heavy (non-hydrogen) atoms. The van der Waals surface area contributed by atoms with Gasteiger partial charge in [0.25, 0.3) is 0 Å². The summed E-state index contributed by atoms with van der Waals surface area (Å²) in [5.41, 5.74) is 1.91. The number of nitrogens with zero attached hydrogens (tertiary/aromatic N) is 2. The highest BCUT2D eigenvalue weighted by molar-refractivity contribution is 5.79. The summed E-state index contributed by atoms with van der Waals surface area (Å²) >= 11 is 0. The summed E-state index contributed by atoms with van der Waals surface area (Å²) in [6.07, 6.45) is 1.12. The van der Waals surface area contributed by atoms with Gasteiger partial charge in [-0.3, -0.25) is 4.99 Å². The molecule has 1 aliphatic heterocycles. The van der Waals surface area contributed by atoms with Gasteiger partial charge in [0.05, 0.1) is 0 Å². The zero-order valence-electron chi connectivity index (χ0n) is 15.9. The van der Waals surface area contributed by atoms with Gasteiger partial charge in [-0.2, -0.15) is 8.78 Å². The van der Waals surface area contributed by atoms with Gasteiger partial charge in [0.2, 0.25) is 0 Å². The zero-order chi connectivity index (χ0) is 19.8. The number of hydrogen-bond donors (Lipinski definition) is 2. The maximum atomic E-state index is 12.5. The van der Waals surface area contributed by atoms with Gasteiger partial charge in [0.1, 0.15) is 5.75 Å². The summed E-state index contributed by atoms with van der Waals surface area (Å²) in [7, 11) is 1.70. The van der Waals surface area contributed by atoms with E-state index in [1.165, 1.54) is 11.8 Å². The number of para-hydroxylation sites is 2. The molecule has 1 atom stereocenters. The fourth-order valence-corrected chi connectivity index (χ4v) is 3.37. The quantitative estimate of drug-likeness (QED) is 0.563. The van der Waals surface area contributed by atoms with Crippen LogP contribution in [0.3, 0.4) is 0 Å². The first-order chi connectivity index (χ1) is 13.7. The Morgan fingerprint density at radius 2 is 1.89 bits per heavy atom. The molecule has 2 N–H and O–H groups in total. The average molecular weight is 388 g/mol. The number of halogens is 2. The van der Waals surface area contributed by atoms with Crippen molar-refractivity contribution in [3.63, 3.8) is 0 Å². The Kier molecular flexibility index (Phi) is 7.06. The van der Waals surface area contributed by atoms with Gasteiger partial charge in [-0.15, -0.1) is 0 Å². The normalized spacial score (nSPS) is 17.1. The number of anilines is 1. The smallest absolute Gasteiger partial charge is 0.387 e. The largest absolute Gasteiger partial charge is 0.434 e. The molecule has 150 valence electrons. The molecule has 2 aromatic carbocycles. The van der Waals surface area contributed by atoms with Gasteiger partial charge in [0, 0.05) is 44.5 Å². The fourth-order valence-electron chi connectivity index (χ4n) is 3.37. The van der Waals surface area contributed by atoms with E-state index in [4.69, 9.17) is 0 Å². The molecule has 0 aliphatic carbocycles. The number of alkyl halides is 2. The Bertz CT molecular complexity index is 770. The van der Waals surface area contributed by atoms with Gasteiger partial charge in [-0.25, -0.2) is 0 Å². The van der Waals surface area contributed by atoms with Crippen molar-refractivity contribution < 1.29 is 13.5 Å². The first kappa shape index (κ1) is 19.9. The van der Waals surface area contributed by atoms with Crippen molar-refractivity contribution in [2.45, 2.75) is 19.6 Å². The molecule has 0 saturated carbocycles. The summed E-state index contributed by atoms with van der Waals surface area (Å²) in [6.45, 7) is 0.356. The fraction of sp³-hybridized carbons (Fsp3) is 0.381. The molecule has 2 aromatic rings. The first-order valence-electron chi connectivity index (χ1n) is 9.43. The van der Waals surface area contributed by atoms with Crippen LogP contribution >= 0.6 is 0 Å². The van der Waals surface area contributed by atoms with Gasteiger partial charge in [0.15, 0.2) is 5.96 Å². The molecule has 1 saturated heterocycles. The molecule has 1 aliphatic rings. The second-order valence-corrected chi connectivity index (χ2v) is 6.73. The molecule has 0 spiro atoms. The maximum Gasteiger partial charge on any atom is 0.387 e. The lowest BCUT2D eigenvalue weighted by Crippen LogP contribution is -2.40. The van der Waals surface area contributed by atoms with Gasteiger partial charge < -0.3 is 20.3 Å².